The molecule has 4 heteroatoms. The Hall–Kier alpha value is -3.40. The Morgan fingerprint density at radius 2 is 1.36 bits per heavy atom. The summed E-state index contributed by atoms with van der Waals surface area (Å²) in [6.07, 6.45) is 0. The number of nitrogens with zero attached hydrogens (tertiary/aromatic N) is 1. The van der Waals surface area contributed by atoms with E-state index in [2.05, 4.69) is 5.32 Å². The number of hydrogen-bond acceptors (Lipinski definition) is 2. The molecule has 120 valence electrons. The lowest BCUT2D eigenvalue weighted by atomic mass is 9.88. The van der Waals surface area contributed by atoms with Gasteiger partial charge >= 0.3 is 0 Å². The second-order valence-corrected chi connectivity index (χ2v) is 6.23. The van der Waals surface area contributed by atoms with Crippen LogP contribution in [0.5, 0.6) is 0 Å². The van der Waals surface area contributed by atoms with Gasteiger partial charge in [0.2, 0.25) is 0 Å². The molecule has 25 heavy (non-hydrogen) atoms. The number of para-hydroxylation sites is 1. The quantitative estimate of drug-likeness (QED) is 0.746. The summed E-state index contributed by atoms with van der Waals surface area (Å²) in [5.74, 6) is -0.285. The van der Waals surface area contributed by atoms with Crippen LogP contribution in [0.25, 0.3) is 0 Å². The fraction of sp³-hybridized carbons (Fsp3) is 0.0476. The molecule has 3 aromatic rings. The monoisotopic (exact) mass is 326 g/mol. The number of anilines is 1. The lowest BCUT2D eigenvalue weighted by Crippen LogP contribution is -2.60. The molecule has 2 aliphatic rings. The highest BCUT2D eigenvalue weighted by Gasteiger charge is 2.55. The van der Waals surface area contributed by atoms with E-state index in [4.69, 9.17) is 0 Å². The summed E-state index contributed by atoms with van der Waals surface area (Å²) in [6, 6.07) is 24.3. The van der Waals surface area contributed by atoms with E-state index in [1.54, 1.807) is 11.0 Å². The molecule has 0 spiro atoms. The highest BCUT2D eigenvalue weighted by Crippen LogP contribution is 2.48. The Bertz CT molecular complexity index is 1030. The van der Waals surface area contributed by atoms with Gasteiger partial charge in [0.1, 0.15) is 0 Å². The molecule has 0 aromatic heterocycles. The Labute approximate surface area is 144 Å². The van der Waals surface area contributed by atoms with Crippen LogP contribution in [0, 0.1) is 0 Å². The summed E-state index contributed by atoms with van der Waals surface area (Å²) in [5.41, 5.74) is 2.40. The van der Waals surface area contributed by atoms with Crippen LogP contribution in [-0.2, 0) is 5.66 Å². The highest BCUT2D eigenvalue weighted by molar-refractivity contribution is 6.18. The normalized spacial score (nSPS) is 20.6. The molecule has 2 aliphatic heterocycles. The van der Waals surface area contributed by atoms with Crippen LogP contribution in [0.4, 0.5) is 5.69 Å². The minimum Gasteiger partial charge on any atom is -0.321 e. The number of carbonyl (C=O) groups is 2. The van der Waals surface area contributed by atoms with E-state index in [9.17, 15) is 9.59 Å². The zero-order valence-corrected chi connectivity index (χ0v) is 13.3. The molecule has 5 rings (SSSR count). The van der Waals surface area contributed by atoms with Gasteiger partial charge in [0.25, 0.3) is 11.8 Å². The summed E-state index contributed by atoms with van der Waals surface area (Å²) in [4.78, 5) is 27.8. The van der Waals surface area contributed by atoms with Gasteiger partial charge in [-0.05, 0) is 18.2 Å². The summed E-state index contributed by atoms with van der Waals surface area (Å²) in [5, 5.41) is 3.12. The van der Waals surface area contributed by atoms with Crippen molar-refractivity contribution in [3.05, 3.63) is 101 Å². The maximum atomic E-state index is 13.3. The lowest BCUT2D eigenvalue weighted by Gasteiger charge is -2.44. The van der Waals surface area contributed by atoms with E-state index in [0.717, 1.165) is 11.1 Å². The van der Waals surface area contributed by atoms with E-state index in [1.807, 2.05) is 72.8 Å². The molecule has 4 nitrogen and oxygen atoms in total. The van der Waals surface area contributed by atoms with E-state index in [1.165, 1.54) is 0 Å². The topological polar surface area (TPSA) is 49.4 Å². The number of fused-ring (bicyclic) bond motifs is 5. The Kier molecular flexibility index (Phi) is 2.69. The zero-order chi connectivity index (χ0) is 17.0. The first-order valence-electron chi connectivity index (χ1n) is 8.14. The average Bonchev–Trinajstić information content (AvgIpc) is 2.93. The minimum atomic E-state index is -1.01. The molecule has 0 radical (unpaired) electrons. The number of nitrogens with one attached hydrogen (secondary N) is 1. The molecule has 1 N–H and O–H groups in total. The van der Waals surface area contributed by atoms with Gasteiger partial charge in [0.05, 0.1) is 11.3 Å². The number of hydrogen-bond donors (Lipinski definition) is 1. The van der Waals surface area contributed by atoms with Gasteiger partial charge in [-0.2, -0.15) is 0 Å². The molecule has 0 fully saturated rings. The van der Waals surface area contributed by atoms with Crippen LogP contribution >= 0.6 is 0 Å². The molecule has 0 aliphatic carbocycles. The van der Waals surface area contributed by atoms with Gasteiger partial charge in [-0.3, -0.25) is 14.5 Å². The molecular formula is C21H14N2O2. The van der Waals surface area contributed by atoms with Crippen LogP contribution in [0.1, 0.15) is 31.8 Å². The maximum Gasteiger partial charge on any atom is 0.261 e. The standard InChI is InChI=1S/C21H14N2O2/c24-19-16-11-5-7-13-18(16)23-20(25)15-10-4-6-12-17(15)21(23,22-19)14-8-2-1-3-9-14/h1-13H,(H,22,24). The molecule has 3 aromatic carbocycles. The second kappa shape index (κ2) is 4.80. The summed E-state index contributed by atoms with van der Waals surface area (Å²) >= 11 is 0. The smallest absolute Gasteiger partial charge is 0.261 e. The van der Waals surface area contributed by atoms with Crippen LogP contribution in [-0.4, -0.2) is 11.8 Å². The van der Waals surface area contributed by atoms with Gasteiger partial charge in [0.15, 0.2) is 5.66 Å². The van der Waals surface area contributed by atoms with Crippen molar-refractivity contribution in [3.63, 3.8) is 0 Å². The predicted molar refractivity (Wildman–Crippen MR) is 94.4 cm³/mol. The molecule has 1 unspecified atom stereocenters. The fourth-order valence-electron chi connectivity index (χ4n) is 3.92. The fourth-order valence-corrected chi connectivity index (χ4v) is 3.92. The van der Waals surface area contributed by atoms with Crippen molar-refractivity contribution in [2.24, 2.45) is 0 Å². The zero-order valence-electron chi connectivity index (χ0n) is 13.3. The van der Waals surface area contributed by atoms with E-state index >= 15 is 0 Å². The number of carbonyl (C=O) groups excluding carboxylic acids is 2. The van der Waals surface area contributed by atoms with E-state index < -0.39 is 5.66 Å². The molecule has 2 heterocycles. The molecule has 1 atom stereocenters. The predicted octanol–water partition coefficient (Wildman–Crippen LogP) is 3.29. The van der Waals surface area contributed by atoms with Crippen molar-refractivity contribution >= 4 is 17.5 Å². The van der Waals surface area contributed by atoms with Crippen molar-refractivity contribution in [3.8, 4) is 0 Å². The SMILES string of the molecule is O=C1NC2(c3ccccc3)c3ccccc3C(=O)N2c2ccccc21. The summed E-state index contributed by atoms with van der Waals surface area (Å²) < 4.78 is 0. The van der Waals surface area contributed by atoms with Gasteiger partial charge in [-0.15, -0.1) is 0 Å². The molecule has 0 saturated carbocycles. The summed E-state index contributed by atoms with van der Waals surface area (Å²) in [6.45, 7) is 0. The largest absolute Gasteiger partial charge is 0.321 e. The Balaban J connectivity index is 1.90. The number of amides is 2. The van der Waals surface area contributed by atoms with E-state index in [0.29, 0.717) is 16.8 Å². The van der Waals surface area contributed by atoms with Crippen LogP contribution < -0.4 is 10.2 Å². The first kappa shape index (κ1) is 14.0. The van der Waals surface area contributed by atoms with Gasteiger partial charge in [-0.25, -0.2) is 0 Å². The summed E-state index contributed by atoms with van der Waals surface area (Å²) in [7, 11) is 0. The van der Waals surface area contributed by atoms with Crippen molar-refractivity contribution in [2.45, 2.75) is 5.66 Å². The lowest BCUT2D eigenvalue weighted by molar-refractivity contribution is 0.0878. The molecular weight excluding hydrogens is 312 g/mol. The number of benzene rings is 3. The minimum absolute atomic E-state index is 0.105. The Morgan fingerprint density at radius 3 is 2.16 bits per heavy atom. The second-order valence-electron chi connectivity index (χ2n) is 6.23. The molecule has 0 saturated heterocycles. The first-order chi connectivity index (χ1) is 12.2. The van der Waals surface area contributed by atoms with Crippen molar-refractivity contribution in [1.29, 1.82) is 0 Å². The van der Waals surface area contributed by atoms with Crippen LogP contribution in [0.15, 0.2) is 78.9 Å². The first-order valence-corrected chi connectivity index (χ1v) is 8.14. The molecule has 0 bridgehead atoms. The van der Waals surface area contributed by atoms with Crippen LogP contribution in [0.3, 0.4) is 0 Å². The third-order valence-corrected chi connectivity index (χ3v) is 4.96. The maximum absolute atomic E-state index is 13.3. The highest BCUT2D eigenvalue weighted by atomic mass is 16.2. The third-order valence-electron chi connectivity index (χ3n) is 4.96. The van der Waals surface area contributed by atoms with Gasteiger partial charge in [0, 0.05) is 16.7 Å². The van der Waals surface area contributed by atoms with Gasteiger partial charge < -0.3 is 5.32 Å². The van der Waals surface area contributed by atoms with Crippen molar-refractivity contribution in [1.82, 2.24) is 5.32 Å². The van der Waals surface area contributed by atoms with E-state index in [-0.39, 0.29) is 11.8 Å². The van der Waals surface area contributed by atoms with Crippen LogP contribution in [0.2, 0.25) is 0 Å². The van der Waals surface area contributed by atoms with Gasteiger partial charge in [-0.1, -0.05) is 60.7 Å². The van der Waals surface area contributed by atoms with Crippen molar-refractivity contribution in [2.75, 3.05) is 4.90 Å². The Morgan fingerprint density at radius 1 is 0.720 bits per heavy atom. The number of rotatable bonds is 1. The van der Waals surface area contributed by atoms with Crippen molar-refractivity contribution < 1.29 is 9.59 Å². The third kappa shape index (κ3) is 1.66. The molecule has 2 amide bonds. The average molecular weight is 326 g/mol.